The Bertz CT molecular complexity index is 307. The van der Waals surface area contributed by atoms with Crippen LogP contribution in [0.4, 0.5) is 0 Å². The maximum absolute atomic E-state index is 6.11. The zero-order chi connectivity index (χ0) is 12.1. The summed E-state index contributed by atoms with van der Waals surface area (Å²) in [6.07, 6.45) is 1.25. The maximum Gasteiger partial charge on any atom is 0.0542 e. The molecule has 0 bridgehead atoms. The normalized spacial score (nSPS) is 17.1. The van der Waals surface area contributed by atoms with E-state index in [0.29, 0.717) is 5.25 Å². The summed E-state index contributed by atoms with van der Waals surface area (Å²) in [5, 5.41) is 2.64. The summed E-state index contributed by atoms with van der Waals surface area (Å²) in [4.78, 5) is 1.46. The lowest BCUT2D eigenvalue weighted by molar-refractivity contribution is 0.632. The van der Waals surface area contributed by atoms with Crippen LogP contribution in [0.1, 0.15) is 42.9 Å². The number of aryl methyl sites for hydroxylation is 1. The molecule has 92 valence electrons. The van der Waals surface area contributed by atoms with Crippen LogP contribution in [0.5, 0.6) is 0 Å². The Morgan fingerprint density at radius 3 is 2.56 bits per heavy atom. The summed E-state index contributed by atoms with van der Waals surface area (Å²) >= 11 is 3.86. The second-order valence-electron chi connectivity index (χ2n) is 4.59. The van der Waals surface area contributed by atoms with Crippen molar-refractivity contribution in [3.05, 3.63) is 21.9 Å². The first-order valence-electron chi connectivity index (χ1n) is 5.97. The molecule has 1 aromatic rings. The van der Waals surface area contributed by atoms with Gasteiger partial charge in [0.15, 0.2) is 0 Å². The van der Waals surface area contributed by atoms with E-state index in [0.717, 1.165) is 5.92 Å². The van der Waals surface area contributed by atoms with E-state index in [9.17, 15) is 0 Å². The molecule has 0 aliphatic carbocycles. The fourth-order valence-corrected chi connectivity index (χ4v) is 4.33. The first-order valence-corrected chi connectivity index (χ1v) is 7.90. The second kappa shape index (κ2) is 6.67. The van der Waals surface area contributed by atoms with E-state index >= 15 is 0 Å². The van der Waals surface area contributed by atoms with E-state index in [1.54, 1.807) is 0 Å². The predicted octanol–water partition coefficient (Wildman–Crippen LogP) is 4.22. The van der Waals surface area contributed by atoms with Gasteiger partial charge in [-0.2, -0.15) is 11.8 Å². The fraction of sp³-hybridized carbons (Fsp3) is 0.692. The third-order valence-electron chi connectivity index (χ3n) is 2.89. The Labute approximate surface area is 108 Å². The van der Waals surface area contributed by atoms with Gasteiger partial charge in [0, 0.05) is 10.9 Å². The number of hydrogen-bond donors (Lipinski definition) is 1. The molecule has 16 heavy (non-hydrogen) atoms. The van der Waals surface area contributed by atoms with Crippen LogP contribution in [0.25, 0.3) is 0 Å². The molecule has 3 atom stereocenters. The molecule has 0 saturated heterocycles. The highest BCUT2D eigenvalue weighted by atomic mass is 32.2. The van der Waals surface area contributed by atoms with Crippen LogP contribution >= 0.6 is 23.1 Å². The lowest BCUT2D eigenvalue weighted by Crippen LogP contribution is -2.23. The summed E-state index contributed by atoms with van der Waals surface area (Å²) in [5.74, 6) is 1.99. The van der Waals surface area contributed by atoms with Gasteiger partial charge in [0.25, 0.3) is 0 Å². The molecule has 1 nitrogen and oxygen atoms in total. The van der Waals surface area contributed by atoms with Crippen molar-refractivity contribution >= 4 is 23.1 Å². The van der Waals surface area contributed by atoms with Crippen LogP contribution < -0.4 is 5.73 Å². The number of nitrogens with two attached hydrogens (primary N) is 1. The van der Waals surface area contributed by atoms with Crippen molar-refractivity contribution in [1.29, 1.82) is 0 Å². The predicted molar refractivity (Wildman–Crippen MR) is 77.4 cm³/mol. The van der Waals surface area contributed by atoms with E-state index in [4.69, 9.17) is 5.73 Å². The summed E-state index contributed by atoms with van der Waals surface area (Å²) in [5.41, 5.74) is 7.50. The van der Waals surface area contributed by atoms with Gasteiger partial charge in [0.05, 0.1) is 5.25 Å². The minimum Gasteiger partial charge on any atom is -0.327 e. The van der Waals surface area contributed by atoms with Gasteiger partial charge in [-0.3, -0.25) is 0 Å². The maximum atomic E-state index is 6.11. The summed E-state index contributed by atoms with van der Waals surface area (Å²) < 4.78 is 0. The smallest absolute Gasteiger partial charge is 0.0542 e. The monoisotopic (exact) mass is 257 g/mol. The van der Waals surface area contributed by atoms with Gasteiger partial charge >= 0.3 is 0 Å². The number of rotatable bonds is 6. The van der Waals surface area contributed by atoms with Crippen molar-refractivity contribution in [2.45, 2.75) is 45.4 Å². The number of thioether (sulfide) groups is 1. The molecule has 0 aliphatic rings. The van der Waals surface area contributed by atoms with Crippen LogP contribution in [0.3, 0.4) is 0 Å². The molecule has 0 aromatic carbocycles. The van der Waals surface area contributed by atoms with Crippen molar-refractivity contribution in [3.8, 4) is 0 Å². The summed E-state index contributed by atoms with van der Waals surface area (Å²) in [6.45, 7) is 8.87. The van der Waals surface area contributed by atoms with Gasteiger partial charge in [0.1, 0.15) is 0 Å². The Morgan fingerprint density at radius 1 is 1.44 bits per heavy atom. The average molecular weight is 257 g/mol. The van der Waals surface area contributed by atoms with Gasteiger partial charge in [-0.25, -0.2) is 0 Å². The summed E-state index contributed by atoms with van der Waals surface area (Å²) in [7, 11) is 0. The zero-order valence-corrected chi connectivity index (χ0v) is 12.3. The van der Waals surface area contributed by atoms with E-state index in [2.05, 4.69) is 39.1 Å². The highest BCUT2D eigenvalue weighted by Crippen LogP contribution is 2.37. The second-order valence-corrected chi connectivity index (χ2v) is 6.72. The van der Waals surface area contributed by atoms with Gasteiger partial charge in [-0.1, -0.05) is 20.3 Å². The highest BCUT2D eigenvalue weighted by molar-refractivity contribution is 7.99. The molecule has 3 unspecified atom stereocenters. The molecule has 0 saturated carbocycles. The lowest BCUT2D eigenvalue weighted by atomic mass is 10.1. The highest BCUT2D eigenvalue weighted by Gasteiger charge is 2.20. The third-order valence-corrected chi connectivity index (χ3v) is 5.93. The first kappa shape index (κ1) is 14.1. The van der Waals surface area contributed by atoms with Crippen LogP contribution in [-0.4, -0.2) is 11.8 Å². The summed E-state index contributed by atoms with van der Waals surface area (Å²) in [6, 6.07) is 2.42. The van der Waals surface area contributed by atoms with E-state index < -0.39 is 0 Å². The average Bonchev–Trinajstić information content (AvgIpc) is 2.64. The molecule has 1 aromatic heterocycles. The van der Waals surface area contributed by atoms with Crippen molar-refractivity contribution in [2.24, 2.45) is 11.7 Å². The molecule has 0 aliphatic heterocycles. The molecule has 1 heterocycles. The van der Waals surface area contributed by atoms with E-state index in [1.165, 1.54) is 22.6 Å². The van der Waals surface area contributed by atoms with E-state index in [-0.39, 0.29) is 6.04 Å². The van der Waals surface area contributed by atoms with Crippen LogP contribution in [-0.2, 0) is 0 Å². The molecule has 0 amide bonds. The number of hydrogen-bond acceptors (Lipinski definition) is 3. The largest absolute Gasteiger partial charge is 0.327 e. The van der Waals surface area contributed by atoms with Crippen molar-refractivity contribution < 1.29 is 0 Å². The molecule has 3 heteroatoms. The van der Waals surface area contributed by atoms with Gasteiger partial charge in [0.2, 0.25) is 0 Å². The Morgan fingerprint density at radius 2 is 2.12 bits per heavy atom. The Hall–Kier alpha value is 0.01000. The van der Waals surface area contributed by atoms with Crippen molar-refractivity contribution in [1.82, 2.24) is 0 Å². The molecule has 0 radical (unpaired) electrons. The lowest BCUT2D eigenvalue weighted by Gasteiger charge is -2.21. The zero-order valence-electron chi connectivity index (χ0n) is 10.7. The molecular formula is C13H23NS2. The van der Waals surface area contributed by atoms with Crippen molar-refractivity contribution in [2.75, 3.05) is 5.75 Å². The van der Waals surface area contributed by atoms with Crippen LogP contribution in [0.2, 0.25) is 0 Å². The quantitative estimate of drug-likeness (QED) is 0.825. The van der Waals surface area contributed by atoms with Crippen LogP contribution in [0.15, 0.2) is 11.4 Å². The Balaban J connectivity index is 2.66. The van der Waals surface area contributed by atoms with Gasteiger partial charge < -0.3 is 5.73 Å². The van der Waals surface area contributed by atoms with E-state index in [1.807, 2.05) is 23.1 Å². The minimum absolute atomic E-state index is 0.228. The molecule has 0 spiro atoms. The van der Waals surface area contributed by atoms with Crippen LogP contribution in [0, 0.1) is 12.8 Å². The van der Waals surface area contributed by atoms with Crippen molar-refractivity contribution in [3.63, 3.8) is 0 Å². The first-order chi connectivity index (χ1) is 7.56. The Kier molecular flexibility index (Phi) is 5.87. The topological polar surface area (TPSA) is 26.0 Å². The molecule has 2 N–H and O–H groups in total. The molecule has 1 rings (SSSR count). The van der Waals surface area contributed by atoms with Gasteiger partial charge in [-0.15, -0.1) is 11.3 Å². The molecule has 0 fully saturated rings. The third kappa shape index (κ3) is 3.79. The molecular weight excluding hydrogens is 234 g/mol. The standard InChI is InChI=1S/C13H23NS2/c1-5-9(2)8-16-13(11(4)14)12-10(3)6-7-15-12/h6-7,9,11,13H,5,8,14H2,1-4H3. The SMILES string of the molecule is CCC(C)CSC(c1sccc1C)C(C)N. The fourth-order valence-electron chi connectivity index (χ4n) is 1.53. The number of thiophene rings is 1. The minimum atomic E-state index is 0.228. The van der Waals surface area contributed by atoms with Gasteiger partial charge in [-0.05, 0) is 42.5 Å².